The molecule has 0 amide bonds. The van der Waals surface area contributed by atoms with Crippen molar-refractivity contribution in [1.82, 2.24) is 0 Å². The summed E-state index contributed by atoms with van der Waals surface area (Å²) in [6.45, 7) is 0. The molecular formula is C37H32OP2. The Kier molecular flexibility index (Phi) is 8.46. The van der Waals surface area contributed by atoms with Crippen molar-refractivity contribution >= 4 is 42.4 Å². The molecule has 0 saturated heterocycles. The zero-order valence-corrected chi connectivity index (χ0v) is 24.3. The minimum atomic E-state index is -0.755. The Morgan fingerprint density at radius 1 is 0.525 bits per heavy atom. The molecule has 0 fully saturated rings. The van der Waals surface area contributed by atoms with Gasteiger partial charge in [0.25, 0.3) is 0 Å². The van der Waals surface area contributed by atoms with Crippen LogP contribution in [-0.2, 0) is 4.74 Å². The molecule has 1 unspecified atom stereocenters. The van der Waals surface area contributed by atoms with E-state index in [9.17, 15) is 0 Å². The third-order valence-electron chi connectivity index (χ3n) is 7.31. The number of benzene rings is 5. The van der Waals surface area contributed by atoms with Crippen LogP contribution in [0.3, 0.4) is 0 Å². The van der Waals surface area contributed by atoms with Crippen molar-refractivity contribution in [1.29, 1.82) is 0 Å². The fourth-order valence-electron chi connectivity index (χ4n) is 5.54. The third kappa shape index (κ3) is 5.52. The van der Waals surface area contributed by atoms with Crippen LogP contribution in [0.1, 0.15) is 11.7 Å². The maximum Gasteiger partial charge on any atom is 0.0931 e. The molecule has 0 aromatic heterocycles. The van der Waals surface area contributed by atoms with E-state index in [1.54, 1.807) is 0 Å². The molecule has 0 aliphatic heterocycles. The van der Waals surface area contributed by atoms with Crippen molar-refractivity contribution in [2.24, 2.45) is 5.92 Å². The Morgan fingerprint density at radius 3 is 1.43 bits per heavy atom. The van der Waals surface area contributed by atoms with Gasteiger partial charge in [-0.3, -0.25) is 0 Å². The summed E-state index contributed by atoms with van der Waals surface area (Å²) in [7, 11) is 0.403. The predicted molar refractivity (Wildman–Crippen MR) is 175 cm³/mol. The standard InChI is InChI=1S/C37H32OP2/c1-38-37(34-26-16-28-36(34)40(31-21-10-4-11-22-31)32-23-12-5-13-24-32)33-25-14-15-27-35(33)39(29-17-6-2-7-18-29)30-19-8-3-9-20-30/h2-28,34,37H,1H3/t34?,37-/m1/s1. The second-order valence-electron chi connectivity index (χ2n) is 9.73. The first-order valence-electron chi connectivity index (χ1n) is 13.7. The average Bonchev–Trinajstić information content (AvgIpc) is 3.50. The lowest BCUT2D eigenvalue weighted by atomic mass is 9.96. The molecule has 2 atom stereocenters. The molecule has 0 spiro atoms. The fraction of sp³-hybridized carbons (Fsp3) is 0.0811. The van der Waals surface area contributed by atoms with Crippen molar-refractivity contribution in [2.75, 3.05) is 7.11 Å². The van der Waals surface area contributed by atoms with Gasteiger partial charge in [0.1, 0.15) is 0 Å². The first-order valence-corrected chi connectivity index (χ1v) is 16.3. The first kappa shape index (κ1) is 26.6. The van der Waals surface area contributed by atoms with Gasteiger partial charge in [0.2, 0.25) is 0 Å². The molecule has 196 valence electrons. The summed E-state index contributed by atoms with van der Waals surface area (Å²) in [5.41, 5.74) is 1.27. The van der Waals surface area contributed by atoms with Crippen molar-refractivity contribution in [3.05, 3.63) is 175 Å². The van der Waals surface area contributed by atoms with Gasteiger partial charge in [-0.1, -0.05) is 164 Å². The number of allylic oxidation sites excluding steroid dienone is 2. The maximum atomic E-state index is 6.46. The van der Waals surface area contributed by atoms with E-state index < -0.39 is 15.8 Å². The normalized spacial score (nSPS) is 15.4. The van der Waals surface area contributed by atoms with Gasteiger partial charge in [-0.05, 0) is 53.2 Å². The number of ether oxygens (including phenoxy) is 1. The molecule has 1 aliphatic rings. The number of rotatable bonds is 9. The zero-order chi connectivity index (χ0) is 27.1. The molecule has 40 heavy (non-hydrogen) atoms. The summed E-state index contributed by atoms with van der Waals surface area (Å²) in [5, 5.41) is 8.20. The van der Waals surface area contributed by atoms with Crippen LogP contribution in [0.25, 0.3) is 0 Å². The van der Waals surface area contributed by atoms with Gasteiger partial charge in [0.15, 0.2) is 0 Å². The van der Waals surface area contributed by atoms with Crippen molar-refractivity contribution in [2.45, 2.75) is 6.10 Å². The zero-order valence-electron chi connectivity index (χ0n) is 22.5. The Morgan fingerprint density at radius 2 is 0.950 bits per heavy atom. The molecule has 5 aromatic carbocycles. The van der Waals surface area contributed by atoms with Crippen LogP contribution in [-0.4, -0.2) is 7.11 Å². The Balaban J connectivity index is 1.46. The Labute approximate surface area is 240 Å². The Hall–Kier alpha value is -3.60. The lowest BCUT2D eigenvalue weighted by Crippen LogP contribution is -2.27. The highest BCUT2D eigenvalue weighted by molar-refractivity contribution is 7.80. The average molecular weight is 555 g/mol. The number of hydrogen-bond donors (Lipinski definition) is 0. The van der Waals surface area contributed by atoms with Gasteiger partial charge in [0, 0.05) is 13.0 Å². The van der Waals surface area contributed by atoms with E-state index in [2.05, 4.69) is 164 Å². The van der Waals surface area contributed by atoms with Gasteiger partial charge in [0.05, 0.1) is 6.10 Å². The molecule has 0 N–H and O–H groups in total. The highest BCUT2D eigenvalue weighted by Gasteiger charge is 2.34. The molecule has 1 aliphatic carbocycles. The van der Waals surface area contributed by atoms with E-state index in [1.165, 1.54) is 37.4 Å². The molecule has 1 nitrogen and oxygen atoms in total. The summed E-state index contributed by atoms with van der Waals surface area (Å²) in [4.78, 5) is 0. The fourth-order valence-corrected chi connectivity index (χ4v) is 10.6. The van der Waals surface area contributed by atoms with E-state index >= 15 is 0 Å². The van der Waals surface area contributed by atoms with Crippen LogP contribution < -0.4 is 26.5 Å². The minimum absolute atomic E-state index is 0.101. The summed E-state index contributed by atoms with van der Waals surface area (Å²) in [6, 6.07) is 52.7. The lowest BCUT2D eigenvalue weighted by Gasteiger charge is -2.32. The number of methoxy groups -OCH3 is 1. The van der Waals surface area contributed by atoms with Crippen LogP contribution in [0.4, 0.5) is 0 Å². The molecule has 3 heteroatoms. The molecule has 0 saturated carbocycles. The van der Waals surface area contributed by atoms with E-state index in [0.717, 1.165) is 0 Å². The summed E-state index contributed by atoms with van der Waals surface area (Å²) >= 11 is 0. The molecule has 6 rings (SSSR count). The molecule has 0 heterocycles. The lowest BCUT2D eigenvalue weighted by molar-refractivity contribution is 0.0830. The van der Waals surface area contributed by atoms with Gasteiger partial charge in [-0.2, -0.15) is 0 Å². The summed E-state index contributed by atoms with van der Waals surface area (Å²) in [6.07, 6.45) is 6.81. The third-order valence-corrected chi connectivity index (χ3v) is 12.4. The van der Waals surface area contributed by atoms with Crippen LogP contribution in [0.15, 0.2) is 169 Å². The molecule has 0 bridgehead atoms. The smallest absolute Gasteiger partial charge is 0.0931 e. The second-order valence-corrected chi connectivity index (χ2v) is 14.1. The highest BCUT2D eigenvalue weighted by atomic mass is 31.1. The quantitative estimate of drug-likeness (QED) is 0.173. The second kappa shape index (κ2) is 12.7. The van der Waals surface area contributed by atoms with E-state index in [0.29, 0.717) is 0 Å². The summed E-state index contributed by atoms with van der Waals surface area (Å²) < 4.78 is 6.46. The maximum absolute atomic E-state index is 6.46. The van der Waals surface area contributed by atoms with Crippen LogP contribution in [0.5, 0.6) is 0 Å². The first-order chi connectivity index (χ1) is 19.8. The molecule has 5 aromatic rings. The van der Waals surface area contributed by atoms with Gasteiger partial charge < -0.3 is 4.74 Å². The highest BCUT2D eigenvalue weighted by Crippen LogP contribution is 2.53. The van der Waals surface area contributed by atoms with Crippen LogP contribution in [0, 0.1) is 5.92 Å². The van der Waals surface area contributed by atoms with E-state index in [1.807, 2.05) is 7.11 Å². The minimum Gasteiger partial charge on any atom is -0.376 e. The SMILES string of the molecule is CO[C@H](c1ccccc1P(c1ccccc1)c1ccccc1)C1C=CC=C1P(c1ccccc1)c1ccccc1. The molecular weight excluding hydrogens is 522 g/mol. The topological polar surface area (TPSA) is 9.23 Å². The van der Waals surface area contributed by atoms with Crippen molar-refractivity contribution in [3.8, 4) is 0 Å². The van der Waals surface area contributed by atoms with Crippen molar-refractivity contribution in [3.63, 3.8) is 0 Å². The Bertz CT molecular complexity index is 1500. The van der Waals surface area contributed by atoms with Gasteiger partial charge in [-0.15, -0.1) is 0 Å². The number of hydrogen-bond acceptors (Lipinski definition) is 1. The monoisotopic (exact) mass is 554 g/mol. The van der Waals surface area contributed by atoms with E-state index in [4.69, 9.17) is 4.74 Å². The van der Waals surface area contributed by atoms with Gasteiger partial charge >= 0.3 is 0 Å². The summed E-state index contributed by atoms with van der Waals surface area (Å²) in [5.74, 6) is 0.140. The van der Waals surface area contributed by atoms with Crippen LogP contribution in [0.2, 0.25) is 0 Å². The largest absolute Gasteiger partial charge is 0.376 e. The van der Waals surface area contributed by atoms with Crippen LogP contribution >= 0.6 is 15.8 Å². The van der Waals surface area contributed by atoms with Gasteiger partial charge in [-0.25, -0.2) is 0 Å². The predicted octanol–water partition coefficient (Wildman–Crippen LogP) is 7.34. The molecule has 0 radical (unpaired) electrons. The van der Waals surface area contributed by atoms with Crippen molar-refractivity contribution < 1.29 is 4.74 Å². The van der Waals surface area contributed by atoms with E-state index in [-0.39, 0.29) is 12.0 Å².